The summed E-state index contributed by atoms with van der Waals surface area (Å²) in [5.74, 6) is 0.616. The molecule has 0 aromatic rings. The van der Waals surface area contributed by atoms with Gasteiger partial charge in [0.05, 0.1) is 6.61 Å². The van der Waals surface area contributed by atoms with Crippen molar-refractivity contribution in [1.82, 2.24) is 0 Å². The molecule has 0 rings (SSSR count). The summed E-state index contributed by atoms with van der Waals surface area (Å²) in [6.07, 6.45) is 3.24. The van der Waals surface area contributed by atoms with Crippen LogP contribution in [0.25, 0.3) is 0 Å². The van der Waals surface area contributed by atoms with Gasteiger partial charge in [0.2, 0.25) is 5.69 Å². The van der Waals surface area contributed by atoms with Crippen LogP contribution in [0.1, 0.15) is 0 Å². The van der Waals surface area contributed by atoms with Crippen LogP contribution in [0, 0.1) is 0 Å². The standard InChI is InChI=1S/C6H11O2PS2.Mo.H3P/c1-3-5-8-9(7,10)11-6-4-2;;/h3-4H,1-2,5-6H2,(H,7,10);;1H3. The number of rotatable bonds is 6. The molecular formula is C6H14MoO2P2S2. The Bertz CT molecular complexity index is 173. The molecule has 0 saturated carbocycles. The van der Waals surface area contributed by atoms with Crippen LogP contribution in [0.4, 0.5) is 0 Å². The van der Waals surface area contributed by atoms with Gasteiger partial charge in [-0.05, 0) is 11.8 Å². The van der Waals surface area contributed by atoms with E-state index >= 15 is 0 Å². The van der Waals surface area contributed by atoms with E-state index in [0.717, 1.165) is 0 Å². The molecule has 0 heterocycles. The zero-order valence-corrected chi connectivity index (χ0v) is 13.2. The van der Waals surface area contributed by atoms with Gasteiger partial charge in [0.25, 0.3) is 0 Å². The predicted octanol–water partition coefficient (Wildman–Crippen LogP) is 2.38. The van der Waals surface area contributed by atoms with E-state index in [1.54, 1.807) is 12.2 Å². The van der Waals surface area contributed by atoms with Gasteiger partial charge in [-0.25, -0.2) is 0 Å². The van der Waals surface area contributed by atoms with Gasteiger partial charge in [-0.3, -0.25) is 0 Å². The zero-order chi connectivity index (χ0) is 8.74. The second-order valence-corrected chi connectivity index (χ2v) is 7.86. The topological polar surface area (TPSA) is 29.5 Å². The van der Waals surface area contributed by atoms with Crippen molar-refractivity contribution in [1.29, 1.82) is 0 Å². The largest absolute Gasteiger partial charge is 0.337 e. The Labute approximate surface area is 106 Å². The fourth-order valence-electron chi connectivity index (χ4n) is 0.331. The van der Waals surface area contributed by atoms with Gasteiger partial charge >= 0.3 is 0 Å². The molecule has 0 aliphatic rings. The Morgan fingerprint density at radius 1 is 1.46 bits per heavy atom. The van der Waals surface area contributed by atoms with Crippen LogP contribution in [0.5, 0.6) is 0 Å². The van der Waals surface area contributed by atoms with E-state index in [1.165, 1.54) is 11.4 Å². The first kappa shape index (κ1) is 20.0. The summed E-state index contributed by atoms with van der Waals surface area (Å²) >= 11 is 6.00. The molecule has 2 atom stereocenters. The molecule has 0 amide bonds. The predicted molar refractivity (Wildman–Crippen MR) is 66.4 cm³/mol. The molecule has 0 fully saturated rings. The average Bonchev–Trinajstić information content (AvgIpc) is 1.97. The summed E-state index contributed by atoms with van der Waals surface area (Å²) in [6, 6.07) is 0. The molecule has 0 radical (unpaired) electrons. The van der Waals surface area contributed by atoms with Crippen LogP contribution in [0.3, 0.4) is 0 Å². The Morgan fingerprint density at radius 2 is 2.00 bits per heavy atom. The average molecular weight is 340 g/mol. The smallest absolute Gasteiger partial charge is 0.245 e. The molecule has 0 aliphatic carbocycles. The summed E-state index contributed by atoms with van der Waals surface area (Å²) in [6.45, 7) is 7.26. The third-order valence-electron chi connectivity index (χ3n) is 0.711. The van der Waals surface area contributed by atoms with Gasteiger partial charge in [-0.15, -0.1) is 13.2 Å². The molecular weight excluding hydrogens is 326 g/mol. The monoisotopic (exact) mass is 342 g/mol. The summed E-state index contributed by atoms with van der Waals surface area (Å²) in [5, 5.41) is 0. The maximum Gasteiger partial charge on any atom is 0.245 e. The molecule has 2 nitrogen and oxygen atoms in total. The van der Waals surface area contributed by atoms with Crippen molar-refractivity contribution in [2.75, 3.05) is 12.4 Å². The van der Waals surface area contributed by atoms with Crippen LogP contribution < -0.4 is 0 Å². The minimum Gasteiger partial charge on any atom is -0.337 e. The molecule has 13 heavy (non-hydrogen) atoms. The maximum absolute atomic E-state index is 9.35. The summed E-state index contributed by atoms with van der Waals surface area (Å²) in [4.78, 5) is 9.35. The van der Waals surface area contributed by atoms with Gasteiger partial charge in [0.1, 0.15) is 0 Å². The fraction of sp³-hybridized carbons (Fsp3) is 0.333. The summed E-state index contributed by atoms with van der Waals surface area (Å²) < 4.78 is 4.96. The van der Waals surface area contributed by atoms with Gasteiger partial charge in [-0.2, -0.15) is 9.90 Å². The van der Waals surface area contributed by atoms with Crippen molar-refractivity contribution in [3.63, 3.8) is 0 Å². The van der Waals surface area contributed by atoms with E-state index < -0.39 is 5.69 Å². The third kappa shape index (κ3) is 13.5. The Kier molecular flexibility index (Phi) is 17.8. The number of hydrogen-bond acceptors (Lipinski definition) is 3. The van der Waals surface area contributed by atoms with Crippen molar-refractivity contribution in [2.45, 2.75) is 0 Å². The minimum atomic E-state index is -2.62. The molecule has 0 aliphatic heterocycles. The number of hydrogen-bond donors (Lipinski definition) is 1. The zero-order valence-electron chi connectivity index (χ0n) is 7.22. The fourth-order valence-corrected chi connectivity index (χ4v) is 3.01. The van der Waals surface area contributed by atoms with Crippen LogP contribution in [-0.4, -0.2) is 17.3 Å². The Hall–Kier alpha value is 1.52. The van der Waals surface area contributed by atoms with Crippen LogP contribution in [0.15, 0.2) is 25.3 Å². The second-order valence-electron chi connectivity index (χ2n) is 1.64. The molecule has 1 N–H and O–H groups in total. The van der Waals surface area contributed by atoms with Crippen LogP contribution >= 0.6 is 27.0 Å². The molecule has 0 saturated heterocycles. The molecule has 0 aromatic heterocycles. The van der Waals surface area contributed by atoms with Crippen molar-refractivity contribution in [2.24, 2.45) is 0 Å². The normalized spacial score (nSPS) is 13.0. The van der Waals surface area contributed by atoms with Crippen molar-refractivity contribution in [3.8, 4) is 0 Å². The molecule has 0 aromatic carbocycles. The van der Waals surface area contributed by atoms with Crippen LogP contribution in [-0.2, 0) is 37.4 Å². The van der Waals surface area contributed by atoms with Crippen molar-refractivity contribution >= 4 is 38.8 Å². The van der Waals surface area contributed by atoms with Gasteiger partial charge < -0.3 is 9.42 Å². The van der Waals surface area contributed by atoms with Crippen molar-refractivity contribution < 1.29 is 30.5 Å². The second kappa shape index (κ2) is 11.6. The van der Waals surface area contributed by atoms with Gasteiger partial charge in [0, 0.05) is 26.8 Å². The van der Waals surface area contributed by atoms with Crippen LogP contribution in [0.2, 0.25) is 0 Å². The molecule has 7 heteroatoms. The SMILES string of the molecule is C=CCOP(O)(=S)SCC=C.P.[Mo]. The molecule has 0 spiro atoms. The first-order valence-electron chi connectivity index (χ1n) is 2.96. The first-order valence-corrected chi connectivity index (χ1v) is 7.22. The van der Waals surface area contributed by atoms with Gasteiger partial charge in [-0.1, -0.05) is 23.5 Å². The van der Waals surface area contributed by atoms with E-state index in [-0.39, 0.29) is 31.0 Å². The van der Waals surface area contributed by atoms with E-state index in [9.17, 15) is 4.89 Å². The summed E-state index contributed by atoms with van der Waals surface area (Å²) in [5.41, 5.74) is -2.62. The van der Waals surface area contributed by atoms with E-state index in [1.807, 2.05) is 0 Å². The summed E-state index contributed by atoms with van der Waals surface area (Å²) in [7, 11) is 0. The third-order valence-corrected chi connectivity index (χ3v) is 4.90. The minimum absolute atomic E-state index is 0. The maximum atomic E-state index is 9.35. The van der Waals surface area contributed by atoms with E-state index in [2.05, 4.69) is 13.2 Å². The Balaban J connectivity index is -0.000000500. The first-order chi connectivity index (χ1) is 5.12. The quantitative estimate of drug-likeness (QED) is 0.457. The van der Waals surface area contributed by atoms with Crippen molar-refractivity contribution in [3.05, 3.63) is 25.3 Å². The van der Waals surface area contributed by atoms with E-state index in [0.29, 0.717) is 12.4 Å². The Morgan fingerprint density at radius 3 is 2.38 bits per heavy atom. The molecule has 0 bridgehead atoms. The molecule has 78 valence electrons. The van der Waals surface area contributed by atoms with E-state index in [4.69, 9.17) is 16.3 Å². The molecule has 2 unspecified atom stereocenters. The van der Waals surface area contributed by atoms with Gasteiger partial charge in [0.15, 0.2) is 0 Å².